The van der Waals surface area contributed by atoms with Gasteiger partial charge in [-0.3, -0.25) is 19.6 Å². The molecule has 1 aliphatic rings. The Morgan fingerprint density at radius 1 is 1.27 bits per heavy atom. The number of hydrogen-bond acceptors (Lipinski definition) is 5. The molecule has 2 heterocycles. The number of hydrogen-bond donors (Lipinski definition) is 2. The number of nitrogens with one attached hydrogen (secondary N) is 2. The topological polar surface area (TPSA) is 125 Å². The largest absolute Gasteiger partial charge is 0.356 e. The molecule has 2 aromatic rings. The third-order valence-electron chi connectivity index (χ3n) is 3.99. The monoisotopic (exact) mass is 398 g/mol. The number of amides is 1. The molecule has 9 nitrogen and oxygen atoms in total. The summed E-state index contributed by atoms with van der Waals surface area (Å²) in [6, 6.07) is 4.82. The van der Waals surface area contributed by atoms with Gasteiger partial charge in [-0.15, -0.1) is 0 Å². The number of aromatic amines is 1. The first-order chi connectivity index (χ1) is 12.3. The number of aromatic nitrogens is 1. The molecule has 1 saturated heterocycles. The molecular formula is C15H15ClN4O5S. The molecule has 3 rings (SSSR count). The Labute approximate surface area is 154 Å². The van der Waals surface area contributed by atoms with Gasteiger partial charge in [0, 0.05) is 25.4 Å². The van der Waals surface area contributed by atoms with E-state index in [1.54, 1.807) is 4.90 Å². The third-order valence-corrected chi connectivity index (χ3v) is 5.67. The number of carbonyl (C=O) groups is 1. The van der Waals surface area contributed by atoms with Gasteiger partial charge in [0.15, 0.2) is 0 Å². The van der Waals surface area contributed by atoms with Crippen LogP contribution in [-0.4, -0.2) is 42.2 Å². The van der Waals surface area contributed by atoms with Crippen molar-refractivity contribution in [3.05, 3.63) is 51.3 Å². The fraction of sp³-hybridized carbons (Fsp3) is 0.267. The predicted molar refractivity (Wildman–Crippen MR) is 94.8 cm³/mol. The number of nitrogens with zero attached hydrogens (tertiary/aromatic N) is 2. The molecule has 1 fully saturated rings. The molecule has 0 aliphatic carbocycles. The van der Waals surface area contributed by atoms with Crippen LogP contribution in [0, 0.1) is 10.1 Å². The van der Waals surface area contributed by atoms with Crippen LogP contribution in [0.15, 0.2) is 35.4 Å². The van der Waals surface area contributed by atoms with E-state index in [-0.39, 0.29) is 27.2 Å². The van der Waals surface area contributed by atoms with E-state index in [0.29, 0.717) is 13.1 Å². The SMILES string of the molecule is O=C(c1cc(S(=O)(=O)Nc2ccc(Cl)c([N+](=O)[O-])c2)c[nH]1)N1CCCC1. The lowest BCUT2D eigenvalue weighted by Gasteiger charge is -2.13. The minimum Gasteiger partial charge on any atom is -0.356 e. The molecule has 0 atom stereocenters. The summed E-state index contributed by atoms with van der Waals surface area (Å²) in [6.07, 6.45) is 3.05. The Balaban J connectivity index is 1.82. The summed E-state index contributed by atoms with van der Waals surface area (Å²) in [5.74, 6) is -0.258. The lowest BCUT2D eigenvalue weighted by atomic mass is 10.3. The molecule has 0 radical (unpaired) electrons. The van der Waals surface area contributed by atoms with Crippen molar-refractivity contribution in [1.29, 1.82) is 0 Å². The quantitative estimate of drug-likeness (QED) is 0.591. The highest BCUT2D eigenvalue weighted by Crippen LogP contribution is 2.28. The summed E-state index contributed by atoms with van der Waals surface area (Å²) in [4.78, 5) is 26.7. The molecule has 0 unspecified atom stereocenters. The van der Waals surface area contributed by atoms with Crippen LogP contribution < -0.4 is 4.72 Å². The van der Waals surface area contributed by atoms with Crippen molar-refractivity contribution in [3.8, 4) is 0 Å². The molecular weight excluding hydrogens is 384 g/mol. The van der Waals surface area contributed by atoms with Gasteiger partial charge in [0.2, 0.25) is 0 Å². The zero-order valence-corrected chi connectivity index (χ0v) is 15.0. The zero-order chi connectivity index (χ0) is 18.9. The molecule has 26 heavy (non-hydrogen) atoms. The van der Waals surface area contributed by atoms with E-state index >= 15 is 0 Å². The summed E-state index contributed by atoms with van der Waals surface area (Å²) in [7, 11) is -4.02. The highest BCUT2D eigenvalue weighted by atomic mass is 35.5. The van der Waals surface area contributed by atoms with Crippen molar-refractivity contribution in [2.24, 2.45) is 0 Å². The molecule has 2 N–H and O–H groups in total. The van der Waals surface area contributed by atoms with Gasteiger partial charge in [0.1, 0.15) is 15.6 Å². The maximum atomic E-state index is 12.5. The van der Waals surface area contributed by atoms with Crippen molar-refractivity contribution in [1.82, 2.24) is 9.88 Å². The first kappa shape index (κ1) is 18.2. The van der Waals surface area contributed by atoms with Crippen molar-refractivity contribution in [3.63, 3.8) is 0 Å². The first-order valence-electron chi connectivity index (χ1n) is 7.72. The lowest BCUT2D eigenvalue weighted by Crippen LogP contribution is -2.27. The first-order valence-corrected chi connectivity index (χ1v) is 9.58. The third kappa shape index (κ3) is 3.65. The van der Waals surface area contributed by atoms with Gasteiger partial charge < -0.3 is 9.88 Å². The van der Waals surface area contributed by atoms with Crippen molar-refractivity contribution >= 4 is 38.9 Å². The summed E-state index contributed by atoms with van der Waals surface area (Å²) >= 11 is 5.71. The standard InChI is InChI=1S/C15H15ClN4O5S/c16-12-4-3-10(7-14(12)20(22)23)18-26(24,25)11-8-13(17-9-11)15(21)19-5-1-2-6-19/h3-4,7-9,17-18H,1-2,5-6H2. The summed E-state index contributed by atoms with van der Waals surface area (Å²) < 4.78 is 27.2. The van der Waals surface area contributed by atoms with E-state index in [2.05, 4.69) is 9.71 Å². The Kier molecular flexibility index (Phi) is 4.88. The number of benzene rings is 1. The van der Waals surface area contributed by atoms with Crippen LogP contribution in [0.5, 0.6) is 0 Å². The molecule has 0 bridgehead atoms. The van der Waals surface area contributed by atoms with Crippen LogP contribution in [0.2, 0.25) is 5.02 Å². The van der Waals surface area contributed by atoms with E-state index < -0.39 is 20.6 Å². The van der Waals surface area contributed by atoms with Crippen molar-refractivity contribution < 1.29 is 18.1 Å². The van der Waals surface area contributed by atoms with Gasteiger partial charge in [-0.25, -0.2) is 8.42 Å². The minimum atomic E-state index is -4.02. The van der Waals surface area contributed by atoms with Crippen LogP contribution in [0.1, 0.15) is 23.3 Å². The second-order valence-electron chi connectivity index (χ2n) is 5.78. The van der Waals surface area contributed by atoms with Crippen LogP contribution in [0.4, 0.5) is 11.4 Å². The number of carbonyl (C=O) groups excluding carboxylic acids is 1. The van der Waals surface area contributed by atoms with E-state index in [0.717, 1.165) is 18.9 Å². The number of halogens is 1. The molecule has 1 amide bonds. The van der Waals surface area contributed by atoms with Gasteiger partial charge >= 0.3 is 0 Å². The van der Waals surface area contributed by atoms with Crippen molar-refractivity contribution in [2.75, 3.05) is 17.8 Å². The van der Waals surface area contributed by atoms with Crippen molar-refractivity contribution in [2.45, 2.75) is 17.7 Å². The summed E-state index contributed by atoms with van der Waals surface area (Å²) in [6.45, 7) is 1.29. The maximum absolute atomic E-state index is 12.5. The number of nitro groups is 1. The van der Waals surface area contributed by atoms with Gasteiger partial charge in [0.05, 0.1) is 10.6 Å². The van der Waals surface area contributed by atoms with E-state index in [1.807, 2.05) is 0 Å². The molecule has 138 valence electrons. The fourth-order valence-corrected chi connectivity index (χ4v) is 3.90. The van der Waals surface area contributed by atoms with Gasteiger partial charge in [-0.2, -0.15) is 0 Å². The summed E-state index contributed by atoms with van der Waals surface area (Å²) in [5, 5.41) is 10.8. The predicted octanol–water partition coefficient (Wildman–Crippen LogP) is 2.61. The zero-order valence-electron chi connectivity index (χ0n) is 13.4. The van der Waals surface area contributed by atoms with Gasteiger partial charge in [-0.05, 0) is 31.0 Å². The van der Waals surface area contributed by atoms with Crippen LogP contribution in [-0.2, 0) is 10.0 Å². The van der Waals surface area contributed by atoms with E-state index in [1.165, 1.54) is 24.4 Å². The Bertz CT molecular complexity index is 966. The van der Waals surface area contributed by atoms with Crippen LogP contribution in [0.3, 0.4) is 0 Å². The Morgan fingerprint density at radius 3 is 2.62 bits per heavy atom. The summed E-state index contributed by atoms with van der Waals surface area (Å²) in [5.41, 5.74) is -0.241. The molecule has 1 aromatic heterocycles. The maximum Gasteiger partial charge on any atom is 0.289 e. The van der Waals surface area contributed by atoms with Gasteiger partial charge in [-0.1, -0.05) is 11.6 Å². The minimum absolute atomic E-state index is 0.00489. The smallest absolute Gasteiger partial charge is 0.289 e. The molecule has 0 spiro atoms. The number of rotatable bonds is 5. The average molecular weight is 399 g/mol. The van der Waals surface area contributed by atoms with E-state index in [9.17, 15) is 23.3 Å². The number of H-pyrrole nitrogens is 1. The lowest BCUT2D eigenvalue weighted by molar-refractivity contribution is -0.384. The number of sulfonamides is 1. The van der Waals surface area contributed by atoms with Gasteiger partial charge in [0.25, 0.3) is 21.6 Å². The molecule has 0 saturated carbocycles. The molecule has 1 aromatic carbocycles. The van der Waals surface area contributed by atoms with Crippen LogP contribution in [0.25, 0.3) is 0 Å². The average Bonchev–Trinajstić information content (AvgIpc) is 3.27. The second kappa shape index (κ2) is 6.96. The fourth-order valence-electron chi connectivity index (χ4n) is 2.67. The second-order valence-corrected chi connectivity index (χ2v) is 7.87. The Morgan fingerprint density at radius 2 is 1.96 bits per heavy atom. The Hall–Kier alpha value is -2.59. The highest BCUT2D eigenvalue weighted by Gasteiger charge is 2.24. The van der Waals surface area contributed by atoms with E-state index in [4.69, 9.17) is 11.6 Å². The molecule has 11 heteroatoms. The normalized spacial score (nSPS) is 14.4. The molecule has 1 aliphatic heterocycles. The van der Waals surface area contributed by atoms with Crippen LogP contribution >= 0.6 is 11.6 Å². The number of likely N-dealkylation sites (tertiary alicyclic amines) is 1. The number of nitro benzene ring substituents is 1. The highest BCUT2D eigenvalue weighted by molar-refractivity contribution is 7.92. The number of anilines is 1.